The molecule has 3 heterocycles. The molecule has 234 valence electrons. The zero-order chi connectivity index (χ0) is 31.2. The molecule has 0 amide bonds. The van der Waals surface area contributed by atoms with Crippen molar-refractivity contribution in [3.05, 3.63) is 108 Å². The van der Waals surface area contributed by atoms with Crippen LogP contribution in [0.15, 0.2) is 84.9 Å². The van der Waals surface area contributed by atoms with E-state index in [1.54, 1.807) is 12.1 Å². The fourth-order valence-corrected chi connectivity index (χ4v) is 6.06. The molecule has 1 unspecified atom stereocenters. The molecular weight excluding hydrogens is 578 g/mol. The van der Waals surface area contributed by atoms with Crippen molar-refractivity contribution >= 4 is 11.7 Å². The Bertz CT molecular complexity index is 1590. The van der Waals surface area contributed by atoms with Gasteiger partial charge in [0.2, 0.25) is 11.8 Å². The Hall–Kier alpha value is -4.50. The van der Waals surface area contributed by atoms with Gasteiger partial charge < -0.3 is 23.8 Å². The van der Waals surface area contributed by atoms with Gasteiger partial charge in [-0.15, -0.1) is 0 Å². The van der Waals surface area contributed by atoms with E-state index in [4.69, 9.17) is 18.9 Å². The number of benzene rings is 3. The number of ether oxygens (including phenoxy) is 4. The van der Waals surface area contributed by atoms with E-state index in [-0.39, 0.29) is 53.6 Å². The molecule has 9 heteroatoms. The molecule has 1 atom stereocenters. The first-order valence-electron chi connectivity index (χ1n) is 15.2. The summed E-state index contributed by atoms with van der Waals surface area (Å²) in [6.07, 6.45) is 2.33. The number of carbonyl (C=O) groups excluding carboxylic acids is 1. The van der Waals surface area contributed by atoms with Crippen LogP contribution < -0.4 is 14.4 Å². The summed E-state index contributed by atoms with van der Waals surface area (Å²) in [5, 5.41) is 0. The number of rotatable bonds is 10. The molecule has 3 aromatic carbocycles. The van der Waals surface area contributed by atoms with Gasteiger partial charge in [-0.05, 0) is 54.0 Å². The first-order valence-corrected chi connectivity index (χ1v) is 15.2. The van der Waals surface area contributed by atoms with Gasteiger partial charge in [0.25, 0.3) is 0 Å². The van der Waals surface area contributed by atoms with Crippen molar-refractivity contribution in [1.82, 2.24) is 4.98 Å². The van der Waals surface area contributed by atoms with Crippen LogP contribution in [-0.4, -0.2) is 43.4 Å². The van der Waals surface area contributed by atoms with Crippen molar-refractivity contribution < 1.29 is 32.5 Å². The standard InChI is InChI=1S/C36H36F2N2O5/c1-25(41)42-23-29-20-36(24-45-29)14-16-40(17-15-36)28-18-31(37)34(32(38)19-28)30-12-13-33(43-21-26-8-4-2-5-9-26)39-35(30)44-22-27-10-6-3-7-11-27/h2-13,18-19,29H,14-17,20-24H2,1H3. The Balaban J connectivity index is 1.19. The van der Waals surface area contributed by atoms with E-state index in [0.717, 1.165) is 30.4 Å². The molecule has 0 saturated carbocycles. The van der Waals surface area contributed by atoms with E-state index in [1.165, 1.54) is 19.1 Å². The fraction of sp³-hybridized carbons (Fsp3) is 0.333. The van der Waals surface area contributed by atoms with Gasteiger partial charge in [-0.25, -0.2) is 8.78 Å². The maximum absolute atomic E-state index is 15.8. The second kappa shape index (κ2) is 13.6. The maximum Gasteiger partial charge on any atom is 0.302 e. The molecule has 0 N–H and O–H groups in total. The van der Waals surface area contributed by atoms with Crippen LogP contribution in [0.3, 0.4) is 0 Å². The Morgan fingerprint density at radius 2 is 1.53 bits per heavy atom. The number of carbonyl (C=O) groups is 1. The number of pyridine rings is 1. The van der Waals surface area contributed by atoms with Crippen LogP contribution >= 0.6 is 0 Å². The second-order valence-corrected chi connectivity index (χ2v) is 11.8. The molecule has 1 aromatic heterocycles. The number of hydrogen-bond acceptors (Lipinski definition) is 7. The number of hydrogen-bond donors (Lipinski definition) is 0. The molecule has 7 nitrogen and oxygen atoms in total. The van der Waals surface area contributed by atoms with Gasteiger partial charge >= 0.3 is 5.97 Å². The van der Waals surface area contributed by atoms with Crippen molar-refractivity contribution in [1.29, 1.82) is 0 Å². The molecule has 6 rings (SSSR count). The monoisotopic (exact) mass is 614 g/mol. The molecule has 2 aliphatic heterocycles. The number of halogens is 2. The van der Waals surface area contributed by atoms with Crippen LogP contribution in [0.2, 0.25) is 0 Å². The molecular formula is C36H36F2N2O5. The zero-order valence-electron chi connectivity index (χ0n) is 25.2. The topological polar surface area (TPSA) is 70.1 Å². The van der Waals surface area contributed by atoms with Crippen molar-refractivity contribution in [3.8, 4) is 22.9 Å². The summed E-state index contributed by atoms with van der Waals surface area (Å²) in [5.74, 6) is -1.34. The second-order valence-electron chi connectivity index (χ2n) is 11.8. The summed E-state index contributed by atoms with van der Waals surface area (Å²) in [6.45, 7) is 3.98. The molecule has 0 radical (unpaired) electrons. The molecule has 2 fully saturated rings. The number of anilines is 1. The molecule has 0 aliphatic carbocycles. The molecule has 45 heavy (non-hydrogen) atoms. The van der Waals surface area contributed by atoms with E-state index in [9.17, 15) is 4.79 Å². The first kappa shape index (κ1) is 30.5. The predicted molar refractivity (Wildman–Crippen MR) is 166 cm³/mol. The van der Waals surface area contributed by atoms with Crippen LogP contribution in [-0.2, 0) is 27.5 Å². The third-order valence-electron chi connectivity index (χ3n) is 8.53. The predicted octanol–water partition coefficient (Wildman–Crippen LogP) is 7.12. The Morgan fingerprint density at radius 3 is 2.16 bits per heavy atom. The minimum Gasteiger partial charge on any atom is -0.473 e. The van der Waals surface area contributed by atoms with Crippen molar-refractivity contribution in [3.63, 3.8) is 0 Å². The highest BCUT2D eigenvalue weighted by Gasteiger charge is 2.43. The average Bonchev–Trinajstić information content (AvgIpc) is 3.45. The summed E-state index contributed by atoms with van der Waals surface area (Å²) in [4.78, 5) is 17.7. The van der Waals surface area contributed by atoms with Gasteiger partial charge in [0, 0.05) is 31.8 Å². The van der Waals surface area contributed by atoms with Gasteiger partial charge in [-0.1, -0.05) is 60.7 Å². The highest BCUT2D eigenvalue weighted by atomic mass is 19.1. The molecule has 0 bridgehead atoms. The third kappa shape index (κ3) is 7.42. The number of piperidine rings is 1. The van der Waals surface area contributed by atoms with Gasteiger partial charge in [0.15, 0.2) is 0 Å². The first-order chi connectivity index (χ1) is 21.9. The lowest BCUT2D eigenvalue weighted by molar-refractivity contribution is -0.144. The van der Waals surface area contributed by atoms with Crippen LogP contribution in [0.4, 0.5) is 14.5 Å². The lowest BCUT2D eigenvalue weighted by Crippen LogP contribution is -2.40. The maximum atomic E-state index is 15.8. The summed E-state index contributed by atoms with van der Waals surface area (Å²) in [5.41, 5.74) is 2.34. The quantitative estimate of drug-likeness (QED) is 0.176. The Kier molecular flexibility index (Phi) is 9.26. The van der Waals surface area contributed by atoms with Crippen molar-refractivity contribution in [2.75, 3.05) is 31.2 Å². The van der Waals surface area contributed by atoms with E-state index >= 15 is 8.78 Å². The molecule has 2 saturated heterocycles. The SMILES string of the molecule is CC(=O)OCC1CC2(CCN(c3cc(F)c(-c4ccc(OCc5ccccc5)nc4OCc4ccccc4)c(F)c3)CC2)CO1. The number of aromatic nitrogens is 1. The lowest BCUT2D eigenvalue weighted by Gasteiger charge is -2.39. The number of esters is 1. The molecule has 4 aromatic rings. The Labute approximate surface area is 261 Å². The lowest BCUT2D eigenvalue weighted by atomic mass is 9.76. The average molecular weight is 615 g/mol. The van der Waals surface area contributed by atoms with Crippen LogP contribution in [0.25, 0.3) is 11.1 Å². The van der Waals surface area contributed by atoms with Gasteiger partial charge in [-0.3, -0.25) is 4.79 Å². The van der Waals surface area contributed by atoms with Crippen LogP contribution in [0.1, 0.15) is 37.3 Å². The van der Waals surface area contributed by atoms with Crippen LogP contribution in [0.5, 0.6) is 11.8 Å². The Morgan fingerprint density at radius 1 is 0.911 bits per heavy atom. The van der Waals surface area contributed by atoms with E-state index in [0.29, 0.717) is 32.0 Å². The highest BCUT2D eigenvalue weighted by molar-refractivity contribution is 5.72. The normalized spacial score (nSPS) is 17.3. The van der Waals surface area contributed by atoms with Gasteiger partial charge in [0.1, 0.15) is 31.5 Å². The summed E-state index contributed by atoms with van der Waals surface area (Å²) < 4.78 is 54.6. The van der Waals surface area contributed by atoms with Gasteiger partial charge in [0.05, 0.1) is 23.8 Å². The minimum atomic E-state index is -0.694. The minimum absolute atomic E-state index is 0.0145. The fourth-order valence-electron chi connectivity index (χ4n) is 6.06. The van der Waals surface area contributed by atoms with Crippen molar-refractivity contribution in [2.45, 2.75) is 45.5 Å². The summed E-state index contributed by atoms with van der Waals surface area (Å²) in [7, 11) is 0. The van der Waals surface area contributed by atoms with Crippen molar-refractivity contribution in [2.24, 2.45) is 5.41 Å². The molecule has 2 aliphatic rings. The van der Waals surface area contributed by atoms with E-state index in [2.05, 4.69) is 4.98 Å². The third-order valence-corrected chi connectivity index (χ3v) is 8.53. The largest absolute Gasteiger partial charge is 0.473 e. The summed E-state index contributed by atoms with van der Waals surface area (Å²) >= 11 is 0. The highest BCUT2D eigenvalue weighted by Crippen LogP contribution is 2.44. The van der Waals surface area contributed by atoms with E-state index in [1.807, 2.05) is 65.6 Å². The molecule has 1 spiro atoms. The van der Waals surface area contributed by atoms with Crippen LogP contribution in [0, 0.1) is 17.0 Å². The zero-order valence-corrected chi connectivity index (χ0v) is 25.2. The van der Waals surface area contributed by atoms with E-state index < -0.39 is 11.6 Å². The summed E-state index contributed by atoms with van der Waals surface area (Å²) in [6, 6.07) is 25.1. The smallest absolute Gasteiger partial charge is 0.302 e. The van der Waals surface area contributed by atoms with Gasteiger partial charge in [-0.2, -0.15) is 4.98 Å². The number of nitrogens with zero attached hydrogens (tertiary/aromatic N) is 2.